The van der Waals surface area contributed by atoms with Gasteiger partial charge in [-0.05, 0) is 53.4 Å². The van der Waals surface area contributed by atoms with Gasteiger partial charge in [-0.3, -0.25) is 0 Å². The van der Waals surface area contributed by atoms with Crippen molar-refractivity contribution in [1.82, 2.24) is 0 Å². The molecule has 1 aliphatic rings. The van der Waals surface area contributed by atoms with E-state index in [0.717, 1.165) is 6.42 Å². The van der Waals surface area contributed by atoms with Crippen molar-refractivity contribution in [1.29, 1.82) is 0 Å². The molecule has 100 valence electrons. The Morgan fingerprint density at radius 3 is 2.39 bits per heavy atom. The Labute approximate surface area is 112 Å². The summed E-state index contributed by atoms with van der Waals surface area (Å²) in [4.78, 5) is 0. The lowest BCUT2D eigenvalue weighted by Gasteiger charge is -2.22. The molecule has 0 amide bonds. The molecule has 0 saturated heterocycles. The van der Waals surface area contributed by atoms with E-state index in [9.17, 15) is 0 Å². The first-order valence-electron chi connectivity index (χ1n) is 7.43. The SMILES string of the molecule is CC(C)c1cc(C(C)C)c2c(c1)C(N)CCCC2. The smallest absolute Gasteiger partial charge is 0.0297 e. The molecule has 0 heterocycles. The number of hydrogen-bond acceptors (Lipinski definition) is 1. The third-order valence-corrected chi connectivity index (χ3v) is 4.22. The van der Waals surface area contributed by atoms with Crippen molar-refractivity contribution in [2.45, 2.75) is 71.3 Å². The molecular weight excluding hydrogens is 218 g/mol. The Morgan fingerprint density at radius 2 is 1.78 bits per heavy atom. The monoisotopic (exact) mass is 245 g/mol. The van der Waals surface area contributed by atoms with Gasteiger partial charge < -0.3 is 5.73 Å². The highest BCUT2D eigenvalue weighted by atomic mass is 14.6. The van der Waals surface area contributed by atoms with Crippen LogP contribution in [0.15, 0.2) is 12.1 Å². The Balaban J connectivity index is 2.58. The molecule has 1 aromatic rings. The van der Waals surface area contributed by atoms with Crippen LogP contribution in [0.25, 0.3) is 0 Å². The first-order chi connectivity index (χ1) is 8.50. The van der Waals surface area contributed by atoms with Crippen LogP contribution < -0.4 is 5.73 Å². The average molecular weight is 245 g/mol. The van der Waals surface area contributed by atoms with E-state index in [4.69, 9.17) is 5.73 Å². The highest BCUT2D eigenvalue weighted by molar-refractivity contribution is 5.44. The van der Waals surface area contributed by atoms with E-state index in [1.54, 1.807) is 5.56 Å². The van der Waals surface area contributed by atoms with Crippen LogP contribution in [0.2, 0.25) is 0 Å². The maximum absolute atomic E-state index is 6.38. The van der Waals surface area contributed by atoms with E-state index in [0.29, 0.717) is 11.8 Å². The Hall–Kier alpha value is -0.820. The van der Waals surface area contributed by atoms with Crippen LogP contribution in [0, 0.1) is 0 Å². The summed E-state index contributed by atoms with van der Waals surface area (Å²) in [5.74, 6) is 1.19. The van der Waals surface area contributed by atoms with Crippen LogP contribution in [0.1, 0.15) is 87.1 Å². The van der Waals surface area contributed by atoms with Crippen molar-refractivity contribution in [2.24, 2.45) is 5.73 Å². The molecule has 1 aromatic carbocycles. The number of benzene rings is 1. The van der Waals surface area contributed by atoms with Crippen LogP contribution in [0.5, 0.6) is 0 Å². The molecule has 1 atom stereocenters. The van der Waals surface area contributed by atoms with Gasteiger partial charge in [-0.15, -0.1) is 0 Å². The second-order valence-corrected chi connectivity index (χ2v) is 6.34. The van der Waals surface area contributed by atoms with Crippen molar-refractivity contribution in [2.75, 3.05) is 0 Å². The molecule has 1 nitrogen and oxygen atoms in total. The zero-order valence-electron chi connectivity index (χ0n) is 12.3. The van der Waals surface area contributed by atoms with E-state index in [1.165, 1.54) is 36.0 Å². The molecule has 0 bridgehead atoms. The minimum absolute atomic E-state index is 0.249. The van der Waals surface area contributed by atoms with Gasteiger partial charge in [-0.1, -0.05) is 46.2 Å². The summed E-state index contributed by atoms with van der Waals surface area (Å²) in [6, 6.07) is 5.05. The molecular formula is C17H27N. The molecule has 2 rings (SSSR count). The lowest BCUT2D eigenvalue weighted by molar-refractivity contribution is 0.614. The fraction of sp³-hybridized carbons (Fsp3) is 0.647. The molecule has 2 N–H and O–H groups in total. The van der Waals surface area contributed by atoms with Crippen LogP contribution in [0.3, 0.4) is 0 Å². The van der Waals surface area contributed by atoms with Crippen molar-refractivity contribution in [3.63, 3.8) is 0 Å². The number of nitrogens with two attached hydrogens (primary N) is 1. The second-order valence-electron chi connectivity index (χ2n) is 6.34. The van der Waals surface area contributed by atoms with Crippen LogP contribution in [-0.2, 0) is 6.42 Å². The van der Waals surface area contributed by atoms with Gasteiger partial charge in [-0.2, -0.15) is 0 Å². The van der Waals surface area contributed by atoms with E-state index in [-0.39, 0.29) is 6.04 Å². The van der Waals surface area contributed by atoms with E-state index in [2.05, 4.69) is 39.8 Å². The van der Waals surface area contributed by atoms with Gasteiger partial charge in [0.1, 0.15) is 0 Å². The topological polar surface area (TPSA) is 26.0 Å². The summed E-state index contributed by atoms with van der Waals surface area (Å²) in [5.41, 5.74) is 12.4. The molecule has 0 aromatic heterocycles. The summed E-state index contributed by atoms with van der Waals surface area (Å²) in [6.45, 7) is 9.15. The summed E-state index contributed by atoms with van der Waals surface area (Å²) >= 11 is 0. The molecule has 1 aliphatic carbocycles. The summed E-state index contributed by atoms with van der Waals surface area (Å²) in [6.07, 6.45) is 4.92. The molecule has 0 aliphatic heterocycles. The lowest BCUT2D eigenvalue weighted by Crippen LogP contribution is -2.13. The van der Waals surface area contributed by atoms with Gasteiger partial charge in [0, 0.05) is 6.04 Å². The quantitative estimate of drug-likeness (QED) is 0.753. The maximum atomic E-state index is 6.38. The third-order valence-electron chi connectivity index (χ3n) is 4.22. The van der Waals surface area contributed by atoms with Gasteiger partial charge in [0.15, 0.2) is 0 Å². The maximum Gasteiger partial charge on any atom is 0.0297 e. The predicted octanol–water partition coefficient (Wildman–Crippen LogP) is 4.66. The zero-order valence-corrected chi connectivity index (χ0v) is 12.3. The van der Waals surface area contributed by atoms with Gasteiger partial charge in [-0.25, -0.2) is 0 Å². The van der Waals surface area contributed by atoms with Crippen LogP contribution in [0.4, 0.5) is 0 Å². The first-order valence-corrected chi connectivity index (χ1v) is 7.43. The number of rotatable bonds is 2. The van der Waals surface area contributed by atoms with Crippen LogP contribution >= 0.6 is 0 Å². The Bertz CT molecular complexity index is 418. The molecule has 1 unspecified atom stereocenters. The fourth-order valence-electron chi connectivity index (χ4n) is 3.03. The third kappa shape index (κ3) is 2.61. The first kappa shape index (κ1) is 13.6. The average Bonchev–Trinajstić information content (AvgIpc) is 2.50. The molecule has 0 saturated carbocycles. The Kier molecular flexibility index (Phi) is 4.11. The molecule has 0 fully saturated rings. The van der Waals surface area contributed by atoms with Crippen LogP contribution in [-0.4, -0.2) is 0 Å². The standard InChI is InChI=1S/C17H27N/c1-11(2)13-9-15(12(3)4)14-7-5-6-8-17(18)16(14)10-13/h9-12,17H,5-8,18H2,1-4H3. The van der Waals surface area contributed by atoms with Crippen molar-refractivity contribution < 1.29 is 0 Å². The Morgan fingerprint density at radius 1 is 1.06 bits per heavy atom. The predicted molar refractivity (Wildman–Crippen MR) is 79.1 cm³/mol. The van der Waals surface area contributed by atoms with Gasteiger partial charge in [0.25, 0.3) is 0 Å². The van der Waals surface area contributed by atoms with E-state index >= 15 is 0 Å². The molecule has 1 heteroatoms. The largest absolute Gasteiger partial charge is 0.324 e. The van der Waals surface area contributed by atoms with Gasteiger partial charge in [0.05, 0.1) is 0 Å². The summed E-state index contributed by atoms with van der Waals surface area (Å²) in [7, 11) is 0. The molecule has 0 radical (unpaired) electrons. The summed E-state index contributed by atoms with van der Waals surface area (Å²) in [5, 5.41) is 0. The number of fused-ring (bicyclic) bond motifs is 1. The minimum atomic E-state index is 0.249. The van der Waals surface area contributed by atoms with Crippen molar-refractivity contribution in [3.8, 4) is 0 Å². The zero-order chi connectivity index (χ0) is 13.3. The molecule has 0 spiro atoms. The number of hydrogen-bond donors (Lipinski definition) is 1. The normalized spacial score (nSPS) is 20.1. The van der Waals surface area contributed by atoms with Crippen molar-refractivity contribution in [3.05, 3.63) is 34.4 Å². The minimum Gasteiger partial charge on any atom is -0.324 e. The van der Waals surface area contributed by atoms with Gasteiger partial charge >= 0.3 is 0 Å². The lowest BCUT2D eigenvalue weighted by atomic mass is 9.85. The van der Waals surface area contributed by atoms with Crippen molar-refractivity contribution >= 4 is 0 Å². The summed E-state index contributed by atoms with van der Waals surface area (Å²) < 4.78 is 0. The fourth-order valence-corrected chi connectivity index (χ4v) is 3.03. The highest BCUT2D eigenvalue weighted by Crippen LogP contribution is 2.35. The van der Waals surface area contributed by atoms with E-state index in [1.807, 2.05) is 0 Å². The van der Waals surface area contributed by atoms with Gasteiger partial charge in [0.2, 0.25) is 0 Å². The second kappa shape index (κ2) is 5.44. The highest BCUT2D eigenvalue weighted by Gasteiger charge is 2.20. The molecule has 18 heavy (non-hydrogen) atoms. The van der Waals surface area contributed by atoms with E-state index < -0.39 is 0 Å².